The van der Waals surface area contributed by atoms with E-state index in [0.717, 1.165) is 29.3 Å². The van der Waals surface area contributed by atoms with Crippen LogP contribution in [0.15, 0.2) is 27.8 Å². The van der Waals surface area contributed by atoms with Crippen LogP contribution in [0.3, 0.4) is 0 Å². The molecule has 4 rings (SSSR count). The Bertz CT molecular complexity index is 1290. The van der Waals surface area contributed by atoms with Crippen molar-refractivity contribution in [2.24, 2.45) is 18.4 Å². The monoisotopic (exact) mass is 559 g/mol. The Balaban J connectivity index is 1.45. The lowest BCUT2D eigenvalue weighted by molar-refractivity contribution is -0.113. The fraction of sp³-hybridized carbons (Fsp3) is 0.417. The van der Waals surface area contributed by atoms with Gasteiger partial charge in [0.1, 0.15) is 16.8 Å². The van der Waals surface area contributed by atoms with Gasteiger partial charge >= 0.3 is 0 Å². The molecule has 34 heavy (non-hydrogen) atoms. The molecule has 0 saturated heterocycles. The molecule has 0 aliphatic heterocycles. The summed E-state index contributed by atoms with van der Waals surface area (Å²) >= 11 is 6.20. The number of nitriles is 1. The standard InChI is InChI=1S/C24H26BrN5O2S2/c1-24(2,3)13-5-7-15-17(11-26)22(34-19(15)9-13)27-20(32)12-33-23-29-28-21(30(23)4)16-10-14(25)6-8-18(16)31/h6,8,10,13,31H,5,7,9,12H2,1-4H3,(H,27,32)/t13-/m1/s1. The number of anilines is 1. The van der Waals surface area contributed by atoms with Crippen LogP contribution < -0.4 is 5.32 Å². The molecule has 0 unspecified atom stereocenters. The number of halogens is 1. The number of carbonyl (C=O) groups excluding carboxylic acids is 1. The molecule has 0 fully saturated rings. The van der Waals surface area contributed by atoms with Crippen molar-refractivity contribution in [2.45, 2.75) is 45.2 Å². The van der Waals surface area contributed by atoms with E-state index in [4.69, 9.17) is 0 Å². The van der Waals surface area contributed by atoms with E-state index in [1.54, 1.807) is 29.8 Å². The first-order valence-corrected chi connectivity index (χ1v) is 13.5. The van der Waals surface area contributed by atoms with Crippen molar-refractivity contribution < 1.29 is 9.90 Å². The van der Waals surface area contributed by atoms with E-state index >= 15 is 0 Å². The van der Waals surface area contributed by atoms with Gasteiger partial charge in [-0.2, -0.15) is 5.26 Å². The van der Waals surface area contributed by atoms with Gasteiger partial charge in [0.15, 0.2) is 11.0 Å². The first kappa shape index (κ1) is 24.8. The smallest absolute Gasteiger partial charge is 0.235 e. The Hall–Kier alpha value is -2.35. The molecule has 2 heterocycles. The second kappa shape index (κ2) is 9.72. The number of phenols is 1. The molecule has 7 nitrogen and oxygen atoms in total. The molecule has 3 aromatic rings. The van der Waals surface area contributed by atoms with Crippen LogP contribution in [0, 0.1) is 22.7 Å². The molecule has 0 radical (unpaired) electrons. The first-order valence-electron chi connectivity index (χ1n) is 10.9. The number of aromatic hydroxyl groups is 1. The minimum absolute atomic E-state index is 0.104. The van der Waals surface area contributed by atoms with Gasteiger partial charge in [-0.3, -0.25) is 4.79 Å². The summed E-state index contributed by atoms with van der Waals surface area (Å²) in [6.45, 7) is 6.78. The molecule has 1 aromatic carbocycles. The number of thioether (sulfide) groups is 1. The Morgan fingerprint density at radius 2 is 2.18 bits per heavy atom. The number of thiophene rings is 1. The Kier molecular flexibility index (Phi) is 7.08. The minimum atomic E-state index is -0.192. The van der Waals surface area contributed by atoms with E-state index in [9.17, 15) is 15.2 Å². The average Bonchev–Trinajstić information content (AvgIpc) is 3.32. The van der Waals surface area contributed by atoms with E-state index in [0.29, 0.717) is 33.0 Å². The molecule has 0 spiro atoms. The van der Waals surface area contributed by atoms with Crippen LogP contribution in [0.1, 0.15) is 43.2 Å². The summed E-state index contributed by atoms with van der Waals surface area (Å²) in [5, 5.41) is 32.5. The molecular formula is C24H26BrN5O2S2. The van der Waals surface area contributed by atoms with Crippen molar-refractivity contribution in [1.82, 2.24) is 14.8 Å². The zero-order chi connectivity index (χ0) is 24.6. The molecule has 2 aromatic heterocycles. The molecule has 2 N–H and O–H groups in total. The van der Waals surface area contributed by atoms with Crippen LogP contribution in [-0.4, -0.2) is 31.5 Å². The highest BCUT2D eigenvalue weighted by Crippen LogP contribution is 2.44. The summed E-state index contributed by atoms with van der Waals surface area (Å²) in [7, 11) is 1.79. The van der Waals surface area contributed by atoms with Crippen LogP contribution in [-0.2, 0) is 24.7 Å². The van der Waals surface area contributed by atoms with Gasteiger partial charge in [-0.15, -0.1) is 21.5 Å². The fourth-order valence-corrected chi connectivity index (χ4v) is 6.55. The molecule has 1 aliphatic rings. The van der Waals surface area contributed by atoms with Gasteiger partial charge in [0, 0.05) is 16.4 Å². The quantitative estimate of drug-likeness (QED) is 0.385. The molecule has 0 bridgehead atoms. The topological polar surface area (TPSA) is 104 Å². The van der Waals surface area contributed by atoms with Crippen LogP contribution in [0.5, 0.6) is 5.75 Å². The van der Waals surface area contributed by atoms with Crippen molar-refractivity contribution in [3.63, 3.8) is 0 Å². The Morgan fingerprint density at radius 3 is 2.88 bits per heavy atom. The summed E-state index contributed by atoms with van der Waals surface area (Å²) in [5.41, 5.74) is 2.48. The van der Waals surface area contributed by atoms with Crippen LogP contribution >= 0.6 is 39.0 Å². The summed E-state index contributed by atoms with van der Waals surface area (Å²) in [6, 6.07) is 7.42. The van der Waals surface area contributed by atoms with Gasteiger partial charge < -0.3 is 15.0 Å². The number of aromatic nitrogens is 3. The number of hydrogen-bond donors (Lipinski definition) is 2. The number of carbonyl (C=O) groups is 1. The highest BCUT2D eigenvalue weighted by Gasteiger charge is 2.32. The summed E-state index contributed by atoms with van der Waals surface area (Å²) < 4.78 is 2.56. The Labute approximate surface area is 215 Å². The molecule has 0 saturated carbocycles. The largest absolute Gasteiger partial charge is 0.507 e. The third kappa shape index (κ3) is 5.02. The molecule has 1 amide bonds. The summed E-state index contributed by atoms with van der Waals surface area (Å²) in [5.74, 6) is 1.12. The number of fused-ring (bicyclic) bond motifs is 1. The van der Waals surface area contributed by atoms with Gasteiger partial charge in [-0.25, -0.2) is 0 Å². The molecular weight excluding hydrogens is 534 g/mol. The normalized spacial score (nSPS) is 15.6. The maximum atomic E-state index is 12.7. The van der Waals surface area contributed by atoms with Crippen LogP contribution in [0.4, 0.5) is 5.00 Å². The molecule has 178 valence electrons. The lowest BCUT2D eigenvalue weighted by Gasteiger charge is -2.33. The molecule has 1 aliphatic carbocycles. The van der Waals surface area contributed by atoms with Gasteiger partial charge in [-0.1, -0.05) is 48.5 Å². The number of nitrogens with zero attached hydrogens (tertiary/aromatic N) is 4. The van der Waals surface area contributed by atoms with E-state index in [2.05, 4.69) is 58.3 Å². The van der Waals surface area contributed by atoms with E-state index in [1.165, 1.54) is 28.0 Å². The van der Waals surface area contributed by atoms with Crippen molar-refractivity contribution in [3.05, 3.63) is 38.7 Å². The number of benzene rings is 1. The Morgan fingerprint density at radius 1 is 1.41 bits per heavy atom. The molecule has 1 atom stereocenters. The summed E-state index contributed by atoms with van der Waals surface area (Å²) in [4.78, 5) is 14.0. The maximum Gasteiger partial charge on any atom is 0.235 e. The second-order valence-electron chi connectivity index (χ2n) is 9.49. The number of phenolic OH excluding ortho intramolecular Hbond substituents is 1. The number of nitrogens with one attached hydrogen (secondary N) is 1. The maximum absolute atomic E-state index is 12.7. The van der Waals surface area contributed by atoms with Gasteiger partial charge in [0.05, 0.1) is 16.9 Å². The van der Waals surface area contributed by atoms with Gasteiger partial charge in [0.25, 0.3) is 0 Å². The van der Waals surface area contributed by atoms with Gasteiger partial charge in [-0.05, 0) is 54.4 Å². The van der Waals surface area contributed by atoms with Crippen molar-refractivity contribution in [3.8, 4) is 23.2 Å². The number of amides is 1. The predicted octanol–water partition coefficient (Wildman–Crippen LogP) is 5.77. The highest BCUT2D eigenvalue weighted by atomic mass is 79.9. The van der Waals surface area contributed by atoms with Crippen LogP contribution in [0.2, 0.25) is 0 Å². The zero-order valence-corrected chi connectivity index (χ0v) is 22.7. The van der Waals surface area contributed by atoms with Crippen molar-refractivity contribution in [2.75, 3.05) is 11.1 Å². The summed E-state index contributed by atoms with van der Waals surface area (Å²) in [6.07, 6.45) is 2.89. The molecule has 10 heteroatoms. The first-order chi connectivity index (χ1) is 16.1. The minimum Gasteiger partial charge on any atom is -0.507 e. The predicted molar refractivity (Wildman–Crippen MR) is 139 cm³/mol. The lowest BCUT2D eigenvalue weighted by atomic mass is 9.72. The third-order valence-corrected chi connectivity index (χ3v) is 8.90. The fourth-order valence-electron chi connectivity index (χ4n) is 4.19. The van der Waals surface area contributed by atoms with Crippen LogP contribution in [0.25, 0.3) is 11.4 Å². The van der Waals surface area contributed by atoms with E-state index in [1.807, 2.05) is 0 Å². The van der Waals surface area contributed by atoms with E-state index in [-0.39, 0.29) is 22.8 Å². The van der Waals surface area contributed by atoms with Crippen molar-refractivity contribution >= 4 is 49.9 Å². The van der Waals surface area contributed by atoms with Crippen molar-refractivity contribution in [1.29, 1.82) is 5.26 Å². The van der Waals surface area contributed by atoms with Gasteiger partial charge in [0.2, 0.25) is 5.91 Å². The lowest BCUT2D eigenvalue weighted by Crippen LogP contribution is -2.26. The number of rotatable bonds is 5. The average molecular weight is 561 g/mol. The second-order valence-corrected chi connectivity index (χ2v) is 12.5. The highest BCUT2D eigenvalue weighted by molar-refractivity contribution is 9.10. The van der Waals surface area contributed by atoms with E-state index < -0.39 is 0 Å². The zero-order valence-electron chi connectivity index (χ0n) is 19.5. The SMILES string of the molecule is Cn1c(SCC(=O)Nc2sc3c(c2C#N)CC[C@@H](C(C)(C)C)C3)nnc1-c1cc(Br)ccc1O. The third-order valence-electron chi connectivity index (χ3n) is 6.22. The number of hydrogen-bond acceptors (Lipinski definition) is 7.